The molecule has 0 spiro atoms. The highest BCUT2D eigenvalue weighted by Gasteiger charge is 2.51. The van der Waals surface area contributed by atoms with E-state index in [4.69, 9.17) is 0 Å². The highest BCUT2D eigenvalue weighted by molar-refractivity contribution is 5.30. The molecule has 1 aromatic carbocycles. The van der Waals surface area contributed by atoms with Gasteiger partial charge in [-0.05, 0) is 31.7 Å². The van der Waals surface area contributed by atoms with Crippen molar-refractivity contribution in [2.45, 2.75) is 51.6 Å². The van der Waals surface area contributed by atoms with Gasteiger partial charge in [-0.2, -0.15) is 5.26 Å². The number of halogens is 1. The molecule has 3 unspecified atom stereocenters. The van der Waals surface area contributed by atoms with E-state index < -0.39 is 16.8 Å². The van der Waals surface area contributed by atoms with Crippen LogP contribution in [0, 0.1) is 28.5 Å². The normalized spacial score (nSPS) is 29.4. The summed E-state index contributed by atoms with van der Waals surface area (Å²) < 4.78 is 14.1. The first-order valence-corrected chi connectivity index (χ1v) is 7.35. The predicted molar refractivity (Wildman–Crippen MR) is 76.3 cm³/mol. The summed E-state index contributed by atoms with van der Waals surface area (Å²) in [5, 5.41) is 20.7. The van der Waals surface area contributed by atoms with E-state index in [0.29, 0.717) is 18.8 Å². The van der Waals surface area contributed by atoms with Gasteiger partial charge in [0.15, 0.2) is 0 Å². The molecule has 2 nitrogen and oxygen atoms in total. The quantitative estimate of drug-likeness (QED) is 0.900. The van der Waals surface area contributed by atoms with Crippen LogP contribution < -0.4 is 0 Å². The molecule has 1 aliphatic rings. The lowest BCUT2D eigenvalue weighted by Gasteiger charge is -2.45. The molecule has 0 amide bonds. The van der Waals surface area contributed by atoms with Crippen LogP contribution in [0.4, 0.5) is 4.39 Å². The molecule has 1 aromatic rings. The first kappa shape index (κ1) is 15.0. The monoisotopic (exact) mass is 275 g/mol. The summed E-state index contributed by atoms with van der Waals surface area (Å²) >= 11 is 0. The molecule has 1 aliphatic carbocycles. The Balaban J connectivity index is 2.45. The topological polar surface area (TPSA) is 44.0 Å². The number of hydrogen-bond donors (Lipinski definition) is 1. The molecule has 3 atom stereocenters. The molecule has 20 heavy (non-hydrogen) atoms. The molecule has 1 N–H and O–H groups in total. The van der Waals surface area contributed by atoms with Crippen molar-refractivity contribution in [1.82, 2.24) is 0 Å². The van der Waals surface area contributed by atoms with Gasteiger partial charge in [0, 0.05) is 5.56 Å². The Bertz CT molecular complexity index is 520. The summed E-state index contributed by atoms with van der Waals surface area (Å²) in [7, 11) is 0. The van der Waals surface area contributed by atoms with Crippen molar-refractivity contribution >= 4 is 0 Å². The molecule has 0 bridgehead atoms. The standard InChI is InChI=1S/C17H22FNO/c1-3-13-7-6-10-17(11-13,12-19)16(2,20)14-8-4-5-9-15(14)18/h4-5,8-9,13,20H,3,6-7,10-11H2,1-2H3. The Hall–Kier alpha value is -1.40. The second kappa shape index (κ2) is 5.54. The summed E-state index contributed by atoms with van der Waals surface area (Å²) in [4.78, 5) is 0. The number of nitriles is 1. The third-order valence-corrected chi connectivity index (χ3v) is 4.97. The molecule has 2 rings (SSSR count). The SMILES string of the molecule is CCC1CCCC(C#N)(C(C)(O)c2ccccc2F)C1. The summed E-state index contributed by atoms with van der Waals surface area (Å²) in [6.07, 6.45) is 4.27. The van der Waals surface area contributed by atoms with Gasteiger partial charge in [-0.3, -0.25) is 0 Å². The zero-order valence-electron chi connectivity index (χ0n) is 12.2. The van der Waals surface area contributed by atoms with E-state index in [1.54, 1.807) is 25.1 Å². The largest absolute Gasteiger partial charge is 0.384 e. The van der Waals surface area contributed by atoms with Crippen molar-refractivity contribution < 1.29 is 9.50 Å². The molecular weight excluding hydrogens is 253 g/mol. The van der Waals surface area contributed by atoms with Gasteiger partial charge in [-0.1, -0.05) is 44.4 Å². The average Bonchev–Trinajstić information content (AvgIpc) is 2.47. The molecule has 3 heteroatoms. The van der Waals surface area contributed by atoms with Crippen molar-refractivity contribution in [1.29, 1.82) is 5.26 Å². The van der Waals surface area contributed by atoms with Gasteiger partial charge >= 0.3 is 0 Å². The summed E-state index contributed by atoms with van der Waals surface area (Å²) in [6, 6.07) is 8.57. The Labute approximate surface area is 120 Å². The van der Waals surface area contributed by atoms with Gasteiger partial charge < -0.3 is 5.11 Å². The fourth-order valence-electron chi connectivity index (χ4n) is 3.50. The van der Waals surface area contributed by atoms with Crippen molar-refractivity contribution in [3.8, 4) is 6.07 Å². The minimum absolute atomic E-state index is 0.235. The molecule has 108 valence electrons. The number of hydrogen-bond acceptors (Lipinski definition) is 2. The van der Waals surface area contributed by atoms with Gasteiger partial charge in [0.2, 0.25) is 0 Å². The lowest BCUT2D eigenvalue weighted by atomic mass is 9.59. The third-order valence-electron chi connectivity index (χ3n) is 4.97. The highest BCUT2D eigenvalue weighted by Crippen LogP contribution is 2.52. The number of aliphatic hydroxyl groups is 1. The Morgan fingerprint density at radius 1 is 1.50 bits per heavy atom. The average molecular weight is 275 g/mol. The molecule has 0 saturated heterocycles. The van der Waals surface area contributed by atoms with E-state index >= 15 is 0 Å². The van der Waals surface area contributed by atoms with Crippen molar-refractivity contribution in [3.63, 3.8) is 0 Å². The van der Waals surface area contributed by atoms with Crippen LogP contribution >= 0.6 is 0 Å². The van der Waals surface area contributed by atoms with Gasteiger partial charge in [0.1, 0.15) is 11.4 Å². The van der Waals surface area contributed by atoms with Gasteiger partial charge in [0.25, 0.3) is 0 Å². The van der Waals surface area contributed by atoms with Gasteiger partial charge in [0.05, 0.1) is 11.5 Å². The van der Waals surface area contributed by atoms with E-state index in [1.807, 2.05) is 0 Å². The van der Waals surface area contributed by atoms with Crippen LogP contribution in [0.5, 0.6) is 0 Å². The van der Waals surface area contributed by atoms with Crippen molar-refractivity contribution in [2.75, 3.05) is 0 Å². The molecule has 0 heterocycles. The second-order valence-corrected chi connectivity index (χ2v) is 6.12. The van der Waals surface area contributed by atoms with E-state index in [2.05, 4.69) is 13.0 Å². The molecule has 0 aliphatic heterocycles. The van der Waals surface area contributed by atoms with Crippen LogP contribution in [0.3, 0.4) is 0 Å². The van der Waals surface area contributed by atoms with Gasteiger partial charge in [-0.25, -0.2) is 4.39 Å². The maximum atomic E-state index is 14.1. The lowest BCUT2D eigenvalue weighted by Crippen LogP contribution is -2.46. The van der Waals surface area contributed by atoms with Crippen LogP contribution in [0.1, 0.15) is 51.5 Å². The first-order valence-electron chi connectivity index (χ1n) is 7.35. The smallest absolute Gasteiger partial charge is 0.129 e. The summed E-state index contributed by atoms with van der Waals surface area (Å²) in [5.41, 5.74) is -2.12. The van der Waals surface area contributed by atoms with Crippen LogP contribution in [0.15, 0.2) is 24.3 Å². The molecule has 1 saturated carbocycles. The van der Waals surface area contributed by atoms with Crippen molar-refractivity contribution in [3.05, 3.63) is 35.6 Å². The minimum atomic E-state index is -1.46. The molecule has 0 aromatic heterocycles. The zero-order valence-corrected chi connectivity index (χ0v) is 12.2. The second-order valence-electron chi connectivity index (χ2n) is 6.12. The fourth-order valence-corrected chi connectivity index (χ4v) is 3.50. The maximum Gasteiger partial charge on any atom is 0.129 e. The van der Waals surface area contributed by atoms with Crippen molar-refractivity contribution in [2.24, 2.45) is 11.3 Å². The first-order chi connectivity index (χ1) is 9.47. The number of rotatable bonds is 3. The van der Waals surface area contributed by atoms with E-state index in [1.165, 1.54) is 6.07 Å². The highest BCUT2D eigenvalue weighted by atomic mass is 19.1. The Kier molecular flexibility index (Phi) is 4.15. The van der Waals surface area contributed by atoms with E-state index in [-0.39, 0.29) is 5.56 Å². The lowest BCUT2D eigenvalue weighted by molar-refractivity contribution is -0.0760. The summed E-state index contributed by atoms with van der Waals surface area (Å²) in [5.74, 6) is -0.00704. The Morgan fingerprint density at radius 2 is 2.20 bits per heavy atom. The van der Waals surface area contributed by atoms with E-state index in [0.717, 1.165) is 19.3 Å². The van der Waals surface area contributed by atoms with Crippen LogP contribution in [-0.4, -0.2) is 5.11 Å². The maximum absolute atomic E-state index is 14.1. The third kappa shape index (κ3) is 2.33. The van der Waals surface area contributed by atoms with Gasteiger partial charge in [-0.15, -0.1) is 0 Å². The van der Waals surface area contributed by atoms with Crippen LogP contribution in [-0.2, 0) is 5.60 Å². The van der Waals surface area contributed by atoms with E-state index in [9.17, 15) is 14.8 Å². The molecule has 1 fully saturated rings. The summed E-state index contributed by atoms with van der Waals surface area (Å²) in [6.45, 7) is 3.70. The number of benzene rings is 1. The fraction of sp³-hybridized carbons (Fsp3) is 0.588. The van der Waals surface area contributed by atoms with Crippen LogP contribution in [0.25, 0.3) is 0 Å². The number of nitrogens with zero attached hydrogens (tertiary/aromatic N) is 1. The molecule has 0 radical (unpaired) electrons. The predicted octanol–water partition coefficient (Wildman–Crippen LogP) is 4.14. The minimum Gasteiger partial charge on any atom is -0.384 e. The Morgan fingerprint density at radius 3 is 2.80 bits per heavy atom. The zero-order chi connectivity index (χ0) is 14.8. The van der Waals surface area contributed by atoms with Crippen LogP contribution in [0.2, 0.25) is 0 Å². The molecular formula is C17H22FNO.